The predicted octanol–water partition coefficient (Wildman–Crippen LogP) is 0.372. The number of hydrogen-bond donors (Lipinski definition) is 0. The lowest BCUT2D eigenvalue weighted by Crippen LogP contribution is -2.45. The summed E-state index contributed by atoms with van der Waals surface area (Å²) in [7, 11) is 0. The third kappa shape index (κ3) is 2.81. The fourth-order valence-corrected chi connectivity index (χ4v) is 2.55. The van der Waals surface area contributed by atoms with Gasteiger partial charge in [-0.05, 0) is 13.8 Å². The summed E-state index contributed by atoms with van der Waals surface area (Å²) < 4.78 is 5.32. The minimum absolute atomic E-state index is 0.0589. The number of ether oxygens (including phenoxy) is 1. The summed E-state index contributed by atoms with van der Waals surface area (Å²) in [4.78, 5) is 16.2. The molecular weight excluding hydrogens is 204 g/mol. The molecule has 0 radical (unpaired) electrons. The monoisotopic (exact) mass is 226 g/mol. The fourth-order valence-electron chi connectivity index (χ4n) is 2.55. The minimum Gasteiger partial charge on any atom is -0.379 e. The van der Waals surface area contributed by atoms with Gasteiger partial charge in [0.2, 0.25) is 0 Å². The molecule has 0 aromatic rings. The van der Waals surface area contributed by atoms with Gasteiger partial charge >= 0.3 is 0 Å². The van der Waals surface area contributed by atoms with Gasteiger partial charge in [0.25, 0.3) is 0 Å². The molecule has 0 atom stereocenters. The second-order valence-electron chi connectivity index (χ2n) is 5.40. The van der Waals surface area contributed by atoms with Gasteiger partial charge < -0.3 is 4.74 Å². The van der Waals surface area contributed by atoms with Crippen LogP contribution in [-0.2, 0) is 9.53 Å². The lowest BCUT2D eigenvalue weighted by Gasteiger charge is -2.34. The summed E-state index contributed by atoms with van der Waals surface area (Å²) in [5.41, 5.74) is 0.0589. The van der Waals surface area contributed by atoms with E-state index in [0.29, 0.717) is 18.7 Å². The molecule has 2 saturated heterocycles. The van der Waals surface area contributed by atoms with Crippen molar-refractivity contribution in [2.75, 3.05) is 45.9 Å². The van der Waals surface area contributed by atoms with Crippen LogP contribution < -0.4 is 0 Å². The molecule has 0 unspecified atom stereocenters. The maximum Gasteiger partial charge on any atom is 0.148 e. The molecule has 92 valence electrons. The number of nitrogens with zero attached hydrogens (tertiary/aromatic N) is 2. The Balaban J connectivity index is 1.78. The standard InChI is InChI=1S/C12H22N2O2/c1-12(2)9-11(15)10-14(12)4-3-13-5-7-16-8-6-13/h3-10H2,1-2H3. The maximum atomic E-state index is 11.4. The Morgan fingerprint density at radius 2 is 1.94 bits per heavy atom. The van der Waals surface area contributed by atoms with Crippen LogP contribution in [0.1, 0.15) is 20.3 Å². The lowest BCUT2D eigenvalue weighted by atomic mass is 10.0. The Morgan fingerprint density at radius 1 is 1.25 bits per heavy atom. The van der Waals surface area contributed by atoms with Crippen molar-refractivity contribution in [2.24, 2.45) is 0 Å². The highest BCUT2D eigenvalue weighted by Crippen LogP contribution is 2.25. The Bertz CT molecular complexity index is 260. The summed E-state index contributed by atoms with van der Waals surface area (Å²) in [6, 6.07) is 0. The van der Waals surface area contributed by atoms with Gasteiger partial charge in [0, 0.05) is 38.1 Å². The quantitative estimate of drug-likeness (QED) is 0.696. The zero-order chi connectivity index (χ0) is 11.6. The molecule has 0 spiro atoms. The smallest absolute Gasteiger partial charge is 0.148 e. The van der Waals surface area contributed by atoms with Gasteiger partial charge in [-0.25, -0.2) is 0 Å². The van der Waals surface area contributed by atoms with E-state index in [0.717, 1.165) is 39.4 Å². The summed E-state index contributed by atoms with van der Waals surface area (Å²) in [6.07, 6.45) is 0.704. The fraction of sp³-hybridized carbons (Fsp3) is 0.917. The van der Waals surface area contributed by atoms with Gasteiger partial charge in [0.1, 0.15) is 5.78 Å². The Kier molecular flexibility index (Phi) is 3.62. The number of morpholine rings is 1. The molecule has 4 nitrogen and oxygen atoms in total. The maximum absolute atomic E-state index is 11.4. The summed E-state index contributed by atoms with van der Waals surface area (Å²) >= 11 is 0. The highest BCUT2D eigenvalue weighted by atomic mass is 16.5. The van der Waals surface area contributed by atoms with Crippen LogP contribution in [0, 0.1) is 0 Å². The predicted molar refractivity (Wildman–Crippen MR) is 62.5 cm³/mol. The van der Waals surface area contributed by atoms with Gasteiger partial charge in [-0.1, -0.05) is 0 Å². The molecule has 0 amide bonds. The van der Waals surface area contributed by atoms with Crippen molar-refractivity contribution in [3.63, 3.8) is 0 Å². The highest BCUT2D eigenvalue weighted by Gasteiger charge is 2.36. The molecule has 4 heteroatoms. The van der Waals surface area contributed by atoms with E-state index in [2.05, 4.69) is 23.6 Å². The average molecular weight is 226 g/mol. The van der Waals surface area contributed by atoms with Crippen molar-refractivity contribution in [1.29, 1.82) is 0 Å². The number of carbonyl (C=O) groups is 1. The number of rotatable bonds is 3. The van der Waals surface area contributed by atoms with Gasteiger partial charge in [0.15, 0.2) is 0 Å². The molecule has 0 N–H and O–H groups in total. The zero-order valence-corrected chi connectivity index (χ0v) is 10.4. The van der Waals surface area contributed by atoms with E-state index in [1.165, 1.54) is 0 Å². The molecule has 2 aliphatic rings. The van der Waals surface area contributed by atoms with Crippen molar-refractivity contribution in [3.05, 3.63) is 0 Å². The van der Waals surface area contributed by atoms with Crippen LogP contribution >= 0.6 is 0 Å². The molecule has 0 aliphatic carbocycles. The van der Waals surface area contributed by atoms with Gasteiger partial charge in [-0.3, -0.25) is 14.6 Å². The molecule has 2 aliphatic heterocycles. The van der Waals surface area contributed by atoms with Crippen molar-refractivity contribution in [3.8, 4) is 0 Å². The number of hydrogen-bond acceptors (Lipinski definition) is 4. The molecule has 0 bridgehead atoms. The summed E-state index contributed by atoms with van der Waals surface area (Å²) in [6.45, 7) is 10.8. The van der Waals surface area contributed by atoms with Crippen molar-refractivity contribution in [2.45, 2.75) is 25.8 Å². The average Bonchev–Trinajstić information content (AvgIpc) is 2.50. The van der Waals surface area contributed by atoms with Crippen LogP contribution in [0.5, 0.6) is 0 Å². The lowest BCUT2D eigenvalue weighted by molar-refractivity contribution is -0.117. The van der Waals surface area contributed by atoms with E-state index in [-0.39, 0.29) is 5.54 Å². The highest BCUT2D eigenvalue weighted by molar-refractivity contribution is 5.84. The molecule has 0 aromatic heterocycles. The van der Waals surface area contributed by atoms with E-state index in [1.54, 1.807) is 0 Å². The normalized spacial score (nSPS) is 27.5. The summed E-state index contributed by atoms with van der Waals surface area (Å²) in [5, 5.41) is 0. The first-order valence-electron chi connectivity index (χ1n) is 6.15. The van der Waals surface area contributed by atoms with Crippen LogP contribution in [-0.4, -0.2) is 67.1 Å². The van der Waals surface area contributed by atoms with Crippen molar-refractivity contribution in [1.82, 2.24) is 9.80 Å². The van der Waals surface area contributed by atoms with Gasteiger partial charge in [-0.2, -0.15) is 0 Å². The number of likely N-dealkylation sites (tertiary alicyclic amines) is 1. The third-order valence-electron chi connectivity index (χ3n) is 3.64. The molecule has 2 fully saturated rings. The van der Waals surface area contributed by atoms with Gasteiger partial charge in [0.05, 0.1) is 19.8 Å². The molecule has 2 rings (SSSR count). The molecule has 0 aromatic carbocycles. The SMILES string of the molecule is CC1(C)CC(=O)CN1CCN1CCOCC1. The Morgan fingerprint density at radius 3 is 2.50 bits per heavy atom. The first-order valence-corrected chi connectivity index (χ1v) is 6.15. The van der Waals surface area contributed by atoms with E-state index in [9.17, 15) is 4.79 Å². The number of Topliss-reactive ketones (excluding diaryl/α,β-unsaturated/α-hetero) is 1. The van der Waals surface area contributed by atoms with E-state index in [4.69, 9.17) is 4.74 Å². The molecular formula is C12H22N2O2. The van der Waals surface area contributed by atoms with Crippen molar-refractivity contribution >= 4 is 5.78 Å². The van der Waals surface area contributed by atoms with E-state index in [1.807, 2.05) is 0 Å². The second kappa shape index (κ2) is 4.82. The van der Waals surface area contributed by atoms with Crippen LogP contribution in [0.25, 0.3) is 0 Å². The molecule has 0 saturated carbocycles. The second-order valence-corrected chi connectivity index (χ2v) is 5.40. The van der Waals surface area contributed by atoms with Crippen LogP contribution in [0.4, 0.5) is 0 Å². The minimum atomic E-state index is 0.0589. The summed E-state index contributed by atoms with van der Waals surface area (Å²) in [5.74, 6) is 0.381. The van der Waals surface area contributed by atoms with E-state index >= 15 is 0 Å². The number of ketones is 1. The van der Waals surface area contributed by atoms with Crippen LogP contribution in [0.3, 0.4) is 0 Å². The van der Waals surface area contributed by atoms with Crippen LogP contribution in [0.15, 0.2) is 0 Å². The van der Waals surface area contributed by atoms with Gasteiger partial charge in [-0.15, -0.1) is 0 Å². The first-order chi connectivity index (χ1) is 7.58. The largest absolute Gasteiger partial charge is 0.379 e. The Labute approximate surface area is 97.5 Å². The topological polar surface area (TPSA) is 32.8 Å². The van der Waals surface area contributed by atoms with Crippen molar-refractivity contribution < 1.29 is 9.53 Å². The zero-order valence-electron chi connectivity index (χ0n) is 10.4. The van der Waals surface area contributed by atoms with E-state index < -0.39 is 0 Å². The molecule has 16 heavy (non-hydrogen) atoms. The Hall–Kier alpha value is -0.450. The third-order valence-corrected chi connectivity index (χ3v) is 3.64. The molecule has 2 heterocycles. The first kappa shape index (κ1) is 12.0. The van der Waals surface area contributed by atoms with Crippen LogP contribution in [0.2, 0.25) is 0 Å². The number of carbonyl (C=O) groups excluding carboxylic acids is 1.